The number of ether oxygens (including phenoxy) is 1. The van der Waals surface area contributed by atoms with Crippen LogP contribution in [0.5, 0.6) is 0 Å². The fourth-order valence-corrected chi connectivity index (χ4v) is 4.98. The molecule has 152 valence electrons. The van der Waals surface area contributed by atoms with Gasteiger partial charge in [-0.25, -0.2) is 13.2 Å². The molecular formula is C20H26N2O5S. The van der Waals surface area contributed by atoms with Crippen molar-refractivity contribution in [1.29, 1.82) is 0 Å². The van der Waals surface area contributed by atoms with Crippen LogP contribution in [0.15, 0.2) is 33.7 Å². The molecule has 1 fully saturated rings. The van der Waals surface area contributed by atoms with Crippen LogP contribution in [0.1, 0.15) is 59.5 Å². The summed E-state index contributed by atoms with van der Waals surface area (Å²) >= 11 is 0. The number of carbonyl (C=O) groups is 1. The van der Waals surface area contributed by atoms with Gasteiger partial charge in [-0.05, 0) is 44.9 Å². The summed E-state index contributed by atoms with van der Waals surface area (Å²) in [5.74, 6) is 0.00750. The van der Waals surface area contributed by atoms with E-state index in [4.69, 9.17) is 9.26 Å². The van der Waals surface area contributed by atoms with Gasteiger partial charge in [-0.2, -0.15) is 4.31 Å². The molecule has 1 aromatic carbocycles. The Morgan fingerprint density at radius 1 is 1.25 bits per heavy atom. The molecule has 0 radical (unpaired) electrons. The van der Waals surface area contributed by atoms with Crippen LogP contribution in [0.3, 0.4) is 0 Å². The van der Waals surface area contributed by atoms with E-state index in [9.17, 15) is 13.2 Å². The zero-order valence-corrected chi connectivity index (χ0v) is 17.3. The van der Waals surface area contributed by atoms with Gasteiger partial charge in [-0.1, -0.05) is 30.5 Å². The summed E-state index contributed by atoms with van der Waals surface area (Å²) in [5.41, 5.74) is 1.58. The van der Waals surface area contributed by atoms with Crippen LogP contribution in [-0.4, -0.2) is 36.9 Å². The van der Waals surface area contributed by atoms with E-state index in [1.165, 1.54) is 16.4 Å². The van der Waals surface area contributed by atoms with E-state index in [0.717, 1.165) is 32.1 Å². The monoisotopic (exact) mass is 406 g/mol. The van der Waals surface area contributed by atoms with Crippen LogP contribution in [0, 0.1) is 13.8 Å². The van der Waals surface area contributed by atoms with Crippen molar-refractivity contribution in [3.63, 3.8) is 0 Å². The molecule has 0 atom stereocenters. The van der Waals surface area contributed by atoms with Crippen molar-refractivity contribution in [2.45, 2.75) is 63.5 Å². The Balaban J connectivity index is 1.74. The maximum absolute atomic E-state index is 13.0. The molecule has 28 heavy (non-hydrogen) atoms. The first-order valence-electron chi connectivity index (χ1n) is 9.47. The van der Waals surface area contributed by atoms with Gasteiger partial charge in [-0.3, -0.25) is 0 Å². The molecule has 2 aromatic rings. The Morgan fingerprint density at radius 2 is 1.96 bits per heavy atom. The van der Waals surface area contributed by atoms with Crippen molar-refractivity contribution in [2.24, 2.45) is 0 Å². The summed E-state index contributed by atoms with van der Waals surface area (Å²) in [6, 6.07) is 6.02. The maximum Gasteiger partial charge on any atom is 0.338 e. The number of esters is 1. The van der Waals surface area contributed by atoms with E-state index >= 15 is 0 Å². The summed E-state index contributed by atoms with van der Waals surface area (Å²) < 4.78 is 37.8. The molecule has 0 bridgehead atoms. The van der Waals surface area contributed by atoms with Gasteiger partial charge in [0.25, 0.3) is 0 Å². The maximum atomic E-state index is 13.0. The Labute approximate surface area is 165 Å². The van der Waals surface area contributed by atoms with E-state index in [0.29, 0.717) is 17.0 Å². The minimum Gasteiger partial charge on any atom is -0.457 e. The summed E-state index contributed by atoms with van der Waals surface area (Å²) in [7, 11) is -2.05. The predicted molar refractivity (Wildman–Crippen MR) is 103 cm³/mol. The lowest BCUT2D eigenvalue weighted by molar-refractivity contribution is 0.0470. The van der Waals surface area contributed by atoms with Crippen LogP contribution in [0.25, 0.3) is 0 Å². The molecule has 7 nitrogen and oxygen atoms in total. The number of nitrogens with zero attached hydrogens (tertiary/aromatic N) is 2. The molecule has 0 N–H and O–H groups in total. The number of carbonyl (C=O) groups excluding carboxylic acids is 1. The van der Waals surface area contributed by atoms with E-state index in [1.54, 1.807) is 33.0 Å². The highest BCUT2D eigenvalue weighted by molar-refractivity contribution is 7.89. The van der Waals surface area contributed by atoms with E-state index in [-0.39, 0.29) is 23.1 Å². The first kappa shape index (κ1) is 20.5. The first-order chi connectivity index (χ1) is 13.3. The van der Waals surface area contributed by atoms with Crippen molar-refractivity contribution in [3.05, 3.63) is 46.8 Å². The standard InChI is InChI=1S/C20H26N2O5S/c1-14-19(15(2)27-21-14)13-26-20(23)16-8-7-11-18(12-16)28(24,25)22(3)17-9-5-4-6-10-17/h7-8,11-12,17H,4-6,9-10,13H2,1-3H3. The number of rotatable bonds is 6. The van der Waals surface area contributed by atoms with Gasteiger partial charge in [0.05, 0.1) is 21.7 Å². The lowest BCUT2D eigenvalue weighted by atomic mass is 9.96. The normalized spacial score (nSPS) is 15.7. The van der Waals surface area contributed by atoms with Crippen molar-refractivity contribution in [3.8, 4) is 0 Å². The molecule has 3 rings (SSSR count). The van der Waals surface area contributed by atoms with Gasteiger partial charge in [0.1, 0.15) is 12.4 Å². The molecule has 1 heterocycles. The van der Waals surface area contributed by atoms with E-state index in [2.05, 4.69) is 5.16 Å². The van der Waals surface area contributed by atoms with Crippen LogP contribution >= 0.6 is 0 Å². The summed E-state index contributed by atoms with van der Waals surface area (Å²) in [5, 5.41) is 3.83. The van der Waals surface area contributed by atoms with Crippen LogP contribution in [-0.2, 0) is 21.4 Å². The van der Waals surface area contributed by atoms with Crippen molar-refractivity contribution >= 4 is 16.0 Å². The number of hydrogen-bond acceptors (Lipinski definition) is 6. The third kappa shape index (κ3) is 4.28. The van der Waals surface area contributed by atoms with Crippen LogP contribution < -0.4 is 0 Å². The lowest BCUT2D eigenvalue weighted by Crippen LogP contribution is -2.38. The van der Waals surface area contributed by atoms with Gasteiger partial charge in [0.15, 0.2) is 0 Å². The third-order valence-corrected chi connectivity index (χ3v) is 7.27. The molecule has 8 heteroatoms. The number of sulfonamides is 1. The number of benzene rings is 1. The molecule has 1 saturated carbocycles. The quantitative estimate of drug-likeness (QED) is 0.681. The fourth-order valence-electron chi connectivity index (χ4n) is 3.52. The van der Waals surface area contributed by atoms with Crippen LogP contribution in [0.4, 0.5) is 0 Å². The highest BCUT2D eigenvalue weighted by Gasteiger charge is 2.29. The van der Waals surface area contributed by atoms with Crippen molar-refractivity contribution in [1.82, 2.24) is 9.46 Å². The molecule has 0 unspecified atom stereocenters. The molecule has 1 aliphatic carbocycles. The predicted octanol–water partition coefficient (Wildman–Crippen LogP) is 3.60. The summed E-state index contributed by atoms with van der Waals surface area (Å²) in [6.45, 7) is 3.55. The van der Waals surface area contributed by atoms with E-state index < -0.39 is 16.0 Å². The highest BCUT2D eigenvalue weighted by atomic mass is 32.2. The number of aromatic nitrogens is 1. The van der Waals surface area contributed by atoms with Gasteiger partial charge in [0.2, 0.25) is 10.0 Å². The Hall–Kier alpha value is -2.19. The summed E-state index contributed by atoms with van der Waals surface area (Å²) in [4.78, 5) is 12.5. The van der Waals surface area contributed by atoms with Gasteiger partial charge < -0.3 is 9.26 Å². The molecule has 1 aromatic heterocycles. The molecule has 0 amide bonds. The minimum atomic E-state index is -3.67. The lowest BCUT2D eigenvalue weighted by Gasteiger charge is -2.30. The largest absolute Gasteiger partial charge is 0.457 e. The highest BCUT2D eigenvalue weighted by Crippen LogP contribution is 2.27. The van der Waals surface area contributed by atoms with Gasteiger partial charge in [-0.15, -0.1) is 0 Å². The van der Waals surface area contributed by atoms with Gasteiger partial charge in [0, 0.05) is 13.1 Å². The molecule has 0 aliphatic heterocycles. The second-order valence-electron chi connectivity index (χ2n) is 7.22. The molecule has 0 saturated heterocycles. The minimum absolute atomic E-state index is 0.00824. The van der Waals surface area contributed by atoms with Crippen LogP contribution in [0.2, 0.25) is 0 Å². The average molecular weight is 407 g/mol. The second-order valence-corrected chi connectivity index (χ2v) is 9.22. The van der Waals surface area contributed by atoms with Gasteiger partial charge >= 0.3 is 5.97 Å². The summed E-state index contributed by atoms with van der Waals surface area (Å²) in [6.07, 6.45) is 4.97. The smallest absolute Gasteiger partial charge is 0.338 e. The SMILES string of the molecule is Cc1noc(C)c1COC(=O)c1cccc(S(=O)(=O)N(C)C2CCCCC2)c1. The number of hydrogen-bond donors (Lipinski definition) is 0. The molecular weight excluding hydrogens is 380 g/mol. The zero-order chi connectivity index (χ0) is 20.3. The Kier molecular flexibility index (Phi) is 6.20. The first-order valence-corrected chi connectivity index (χ1v) is 10.9. The Morgan fingerprint density at radius 3 is 2.61 bits per heavy atom. The number of aryl methyl sites for hydroxylation is 2. The average Bonchev–Trinajstić information content (AvgIpc) is 3.03. The van der Waals surface area contributed by atoms with Crippen molar-refractivity contribution < 1.29 is 22.5 Å². The third-order valence-electron chi connectivity index (χ3n) is 5.36. The Bertz CT molecular complexity index is 926. The zero-order valence-electron chi connectivity index (χ0n) is 16.5. The van der Waals surface area contributed by atoms with Crippen molar-refractivity contribution in [2.75, 3.05) is 7.05 Å². The topological polar surface area (TPSA) is 89.7 Å². The molecule has 1 aliphatic rings. The molecule has 0 spiro atoms. The second kappa shape index (κ2) is 8.45. The fraction of sp³-hybridized carbons (Fsp3) is 0.500. The van der Waals surface area contributed by atoms with E-state index in [1.807, 2.05) is 0 Å².